The van der Waals surface area contributed by atoms with Crippen molar-refractivity contribution in [1.82, 2.24) is 10.2 Å². The second-order valence-electron chi connectivity index (χ2n) is 7.67. The van der Waals surface area contributed by atoms with E-state index < -0.39 is 12.0 Å². The predicted octanol–water partition coefficient (Wildman–Crippen LogP) is 3.59. The molecule has 0 bridgehead atoms. The number of rotatable bonds is 6. The number of carbonyl (C=O) groups is 3. The van der Waals surface area contributed by atoms with E-state index in [0.717, 1.165) is 6.42 Å². The average molecular weight is 451 g/mol. The molecule has 33 heavy (non-hydrogen) atoms. The van der Waals surface area contributed by atoms with Crippen LogP contribution < -0.4 is 20.1 Å². The Morgan fingerprint density at radius 1 is 1.15 bits per heavy atom. The molecular weight excluding hydrogens is 426 g/mol. The Bertz CT molecular complexity index is 1130. The van der Waals surface area contributed by atoms with Gasteiger partial charge in [0.15, 0.2) is 11.5 Å². The lowest BCUT2D eigenvalue weighted by atomic mass is 9.94. The molecule has 0 aromatic heterocycles. The number of nitrogens with zero attached hydrogens (tertiary/aromatic N) is 1. The van der Waals surface area contributed by atoms with Crippen LogP contribution in [0.2, 0.25) is 0 Å². The van der Waals surface area contributed by atoms with E-state index in [0.29, 0.717) is 46.1 Å². The van der Waals surface area contributed by atoms with Gasteiger partial charge in [0.2, 0.25) is 6.79 Å². The van der Waals surface area contributed by atoms with Crippen LogP contribution in [0.5, 0.6) is 11.5 Å². The van der Waals surface area contributed by atoms with E-state index in [9.17, 15) is 14.4 Å². The van der Waals surface area contributed by atoms with Gasteiger partial charge in [0.05, 0.1) is 18.7 Å². The van der Waals surface area contributed by atoms with Crippen molar-refractivity contribution >= 4 is 23.6 Å². The van der Waals surface area contributed by atoms with Crippen molar-refractivity contribution in [3.8, 4) is 11.5 Å². The van der Waals surface area contributed by atoms with Crippen molar-refractivity contribution in [3.05, 3.63) is 64.9 Å². The maximum atomic E-state index is 12.6. The fourth-order valence-electron chi connectivity index (χ4n) is 3.90. The van der Waals surface area contributed by atoms with Gasteiger partial charge in [-0.05, 0) is 49.2 Å². The minimum atomic E-state index is -0.656. The summed E-state index contributed by atoms with van der Waals surface area (Å²) < 4.78 is 15.6. The van der Waals surface area contributed by atoms with E-state index in [1.54, 1.807) is 54.3 Å². The molecule has 9 nitrogen and oxygen atoms in total. The molecule has 2 N–H and O–H groups in total. The first-order valence-corrected chi connectivity index (χ1v) is 10.6. The van der Waals surface area contributed by atoms with Gasteiger partial charge in [-0.2, -0.15) is 0 Å². The highest BCUT2D eigenvalue weighted by Gasteiger charge is 2.35. The van der Waals surface area contributed by atoms with Crippen molar-refractivity contribution in [1.29, 1.82) is 0 Å². The Labute approximate surface area is 191 Å². The largest absolute Gasteiger partial charge is 0.466 e. The monoisotopic (exact) mass is 451 g/mol. The van der Waals surface area contributed by atoms with Crippen LogP contribution in [0.25, 0.3) is 0 Å². The topological polar surface area (TPSA) is 106 Å². The molecule has 9 heteroatoms. The highest BCUT2D eigenvalue weighted by molar-refractivity contribution is 6.04. The van der Waals surface area contributed by atoms with Gasteiger partial charge in [0.1, 0.15) is 0 Å². The number of hydrogen-bond donors (Lipinski definition) is 2. The van der Waals surface area contributed by atoms with Crippen molar-refractivity contribution in [3.63, 3.8) is 0 Å². The van der Waals surface area contributed by atoms with Crippen LogP contribution >= 0.6 is 0 Å². The summed E-state index contributed by atoms with van der Waals surface area (Å²) in [4.78, 5) is 39.3. The molecule has 0 radical (unpaired) electrons. The van der Waals surface area contributed by atoms with Gasteiger partial charge in [-0.3, -0.25) is 9.69 Å². The number of allylic oxidation sites excluding steroid dienone is 1. The number of hydrogen-bond acceptors (Lipinski definition) is 6. The zero-order valence-electron chi connectivity index (χ0n) is 18.6. The molecule has 2 aromatic rings. The second-order valence-corrected chi connectivity index (χ2v) is 7.67. The van der Waals surface area contributed by atoms with Gasteiger partial charge in [0.25, 0.3) is 5.91 Å². The summed E-state index contributed by atoms with van der Waals surface area (Å²) >= 11 is 0. The summed E-state index contributed by atoms with van der Waals surface area (Å²) in [7, 11) is 1.31. The fraction of sp³-hybridized carbons (Fsp3) is 0.292. The molecular formula is C24H25N3O6. The third-order valence-electron chi connectivity index (χ3n) is 5.59. The third-order valence-corrected chi connectivity index (χ3v) is 5.59. The molecule has 2 heterocycles. The van der Waals surface area contributed by atoms with Crippen LogP contribution in [0.3, 0.4) is 0 Å². The third kappa shape index (κ3) is 4.34. The number of carbonyl (C=O) groups excluding carboxylic acids is 3. The molecule has 2 aromatic carbocycles. The zero-order valence-corrected chi connectivity index (χ0v) is 18.6. The normalized spacial score (nSPS) is 17.0. The lowest BCUT2D eigenvalue weighted by Gasteiger charge is -2.35. The summed E-state index contributed by atoms with van der Waals surface area (Å²) in [6, 6.07) is 11.0. The van der Waals surface area contributed by atoms with Crippen molar-refractivity contribution in [2.45, 2.75) is 26.3 Å². The first-order valence-electron chi connectivity index (χ1n) is 10.6. The van der Waals surface area contributed by atoms with Crippen LogP contribution in [-0.4, -0.2) is 43.3 Å². The van der Waals surface area contributed by atoms with Crippen molar-refractivity contribution in [2.75, 3.05) is 25.8 Å². The number of methoxy groups -OCH3 is 1. The quantitative estimate of drug-likeness (QED) is 0.650. The number of amides is 3. The van der Waals surface area contributed by atoms with E-state index >= 15 is 0 Å². The van der Waals surface area contributed by atoms with Crippen molar-refractivity contribution in [2.24, 2.45) is 0 Å². The molecule has 0 fully saturated rings. The molecule has 0 saturated carbocycles. The lowest BCUT2D eigenvalue weighted by Crippen LogP contribution is -2.48. The number of urea groups is 1. The van der Waals surface area contributed by atoms with Gasteiger partial charge in [-0.15, -0.1) is 0 Å². The maximum Gasteiger partial charge on any atom is 0.337 e. The number of benzene rings is 2. The number of anilines is 1. The Hall–Kier alpha value is -4.01. The molecule has 3 amide bonds. The van der Waals surface area contributed by atoms with Crippen molar-refractivity contribution < 1.29 is 28.6 Å². The van der Waals surface area contributed by atoms with Gasteiger partial charge < -0.3 is 24.8 Å². The summed E-state index contributed by atoms with van der Waals surface area (Å²) in [6.45, 7) is 4.33. The number of fused-ring (bicyclic) bond motifs is 1. The van der Waals surface area contributed by atoms with E-state index in [4.69, 9.17) is 14.2 Å². The van der Waals surface area contributed by atoms with Gasteiger partial charge in [-0.1, -0.05) is 19.1 Å². The SMILES string of the molecule is CCCN1C(=O)NC(c2ccc(NC(=O)c3ccc4c(c3)OCO4)cc2)C(C(=O)OC)=C1C. The molecule has 0 saturated heterocycles. The molecule has 0 aliphatic carbocycles. The summed E-state index contributed by atoms with van der Waals surface area (Å²) in [5.41, 5.74) is 2.64. The Morgan fingerprint density at radius 2 is 1.88 bits per heavy atom. The summed E-state index contributed by atoms with van der Waals surface area (Å²) in [6.07, 6.45) is 0.752. The van der Waals surface area contributed by atoms with Crippen LogP contribution in [0.15, 0.2) is 53.7 Å². The number of ether oxygens (including phenoxy) is 3. The standard InChI is InChI=1S/C24H25N3O6/c1-4-11-27-14(2)20(23(29)31-3)21(26-24(27)30)15-5-8-17(9-6-15)25-22(28)16-7-10-18-19(12-16)33-13-32-18/h5-10,12,21H,4,11,13H2,1-3H3,(H,25,28)(H,26,30). The molecule has 1 unspecified atom stereocenters. The average Bonchev–Trinajstić information content (AvgIpc) is 3.29. The van der Waals surface area contributed by atoms with Crippen LogP contribution in [0.4, 0.5) is 10.5 Å². The van der Waals surface area contributed by atoms with Crippen LogP contribution in [0, 0.1) is 0 Å². The predicted molar refractivity (Wildman–Crippen MR) is 120 cm³/mol. The number of nitrogens with one attached hydrogen (secondary N) is 2. The highest BCUT2D eigenvalue weighted by Crippen LogP contribution is 2.34. The molecule has 4 rings (SSSR count). The maximum absolute atomic E-state index is 12.6. The van der Waals surface area contributed by atoms with E-state index in [2.05, 4.69) is 10.6 Å². The first-order chi connectivity index (χ1) is 15.9. The van der Waals surface area contributed by atoms with Gasteiger partial charge in [-0.25, -0.2) is 9.59 Å². The minimum absolute atomic E-state index is 0.136. The zero-order chi connectivity index (χ0) is 23.5. The summed E-state index contributed by atoms with van der Waals surface area (Å²) in [5, 5.41) is 5.72. The van der Waals surface area contributed by atoms with E-state index in [1.165, 1.54) is 7.11 Å². The van der Waals surface area contributed by atoms with Gasteiger partial charge >= 0.3 is 12.0 Å². The van der Waals surface area contributed by atoms with E-state index in [1.807, 2.05) is 6.92 Å². The smallest absolute Gasteiger partial charge is 0.337 e. The second kappa shape index (κ2) is 9.23. The minimum Gasteiger partial charge on any atom is -0.466 e. The molecule has 2 aliphatic heterocycles. The first kappa shape index (κ1) is 22.2. The molecule has 2 aliphatic rings. The fourth-order valence-corrected chi connectivity index (χ4v) is 3.90. The van der Waals surface area contributed by atoms with Crippen LogP contribution in [0.1, 0.15) is 42.2 Å². The molecule has 1 atom stereocenters. The van der Waals surface area contributed by atoms with Crippen LogP contribution in [-0.2, 0) is 9.53 Å². The van der Waals surface area contributed by atoms with E-state index in [-0.39, 0.29) is 18.7 Å². The highest BCUT2D eigenvalue weighted by atomic mass is 16.7. The lowest BCUT2D eigenvalue weighted by molar-refractivity contribution is -0.136. The molecule has 0 spiro atoms. The number of esters is 1. The summed E-state index contributed by atoms with van der Waals surface area (Å²) in [5.74, 6) is 0.334. The Kier molecular flexibility index (Phi) is 6.21. The molecule has 172 valence electrons. The van der Waals surface area contributed by atoms with Gasteiger partial charge in [0, 0.05) is 23.5 Å². The Morgan fingerprint density at radius 3 is 2.58 bits per heavy atom. The Balaban J connectivity index is 1.55.